The van der Waals surface area contributed by atoms with E-state index >= 15 is 4.39 Å². The van der Waals surface area contributed by atoms with Gasteiger partial charge in [-0.2, -0.15) is 0 Å². The number of hydrogen-bond acceptors (Lipinski definition) is 18. The third kappa shape index (κ3) is 9.57. The van der Waals surface area contributed by atoms with Crippen molar-refractivity contribution < 1.29 is 67.8 Å². The zero-order chi connectivity index (χ0) is 40.1. The quantitative estimate of drug-likeness (QED) is 0.0839. The van der Waals surface area contributed by atoms with E-state index in [9.17, 15) is 25.5 Å². The Morgan fingerprint density at radius 3 is 1.70 bits per heavy atom. The standard InChI is InChI=1S/C37H56FN5O13/c38-24-31(49-15-17-7-3-1-4-8-17)22(13-40)52-37(33(24)50-16-18-9-5-2-6-10-18)54-30-20(42)11-19(41)26(45)34(30)56-36-29(48)32(23(14-44)53-36)55-35-25(43)28(47)27(46)21(12-39)51-35/h1-10,19-37,44-48H,11-16,39-43H2/t19-,20+,21+,22-,23?,24+,25-,26+,27-,28-,29-,30-,31-,32-,33-,34-,35-,36+,37-/m1/s1. The second-order valence-electron chi connectivity index (χ2n) is 14.7. The summed E-state index contributed by atoms with van der Waals surface area (Å²) in [6.45, 7) is -0.916. The molecule has 19 atom stereocenters. The lowest BCUT2D eigenvalue weighted by Gasteiger charge is -2.48. The zero-order valence-corrected chi connectivity index (χ0v) is 30.8. The first-order valence-corrected chi connectivity index (χ1v) is 18.8. The number of nitrogens with two attached hydrogens (primary N) is 5. The van der Waals surface area contributed by atoms with E-state index < -0.39 is 123 Å². The molecule has 3 heterocycles. The van der Waals surface area contributed by atoms with E-state index in [1.807, 2.05) is 60.7 Å². The van der Waals surface area contributed by atoms with E-state index in [0.717, 1.165) is 11.1 Å². The molecule has 3 aliphatic heterocycles. The Bertz CT molecular complexity index is 1480. The fourth-order valence-electron chi connectivity index (χ4n) is 7.54. The summed E-state index contributed by atoms with van der Waals surface area (Å²) in [6, 6.07) is 15.2. The van der Waals surface area contributed by atoms with Crippen LogP contribution in [0.3, 0.4) is 0 Å². The molecule has 2 aromatic carbocycles. The number of alkyl halides is 1. The molecular formula is C37H56FN5O13. The maximum Gasteiger partial charge on any atom is 0.187 e. The zero-order valence-electron chi connectivity index (χ0n) is 30.8. The minimum Gasteiger partial charge on any atom is -0.394 e. The molecule has 1 saturated carbocycles. The smallest absolute Gasteiger partial charge is 0.187 e. The van der Waals surface area contributed by atoms with Crippen LogP contribution in [0.2, 0.25) is 0 Å². The maximum absolute atomic E-state index is 16.8. The first-order chi connectivity index (χ1) is 26.9. The topological polar surface area (TPSA) is 305 Å². The molecule has 0 aromatic heterocycles. The molecule has 4 aliphatic rings. The molecule has 18 nitrogen and oxygen atoms in total. The molecule has 314 valence electrons. The number of hydrogen-bond donors (Lipinski definition) is 10. The first-order valence-electron chi connectivity index (χ1n) is 18.8. The lowest BCUT2D eigenvalue weighted by atomic mass is 9.84. The lowest BCUT2D eigenvalue weighted by molar-refractivity contribution is -0.334. The van der Waals surface area contributed by atoms with Crippen molar-refractivity contribution in [2.45, 2.75) is 136 Å². The van der Waals surface area contributed by atoms with E-state index in [4.69, 9.17) is 66.6 Å². The Kier molecular flexibility index (Phi) is 15.1. The van der Waals surface area contributed by atoms with Gasteiger partial charge in [-0.05, 0) is 17.5 Å². The van der Waals surface area contributed by atoms with Crippen LogP contribution in [0.1, 0.15) is 17.5 Å². The van der Waals surface area contributed by atoms with Gasteiger partial charge in [0.15, 0.2) is 25.0 Å². The van der Waals surface area contributed by atoms with E-state index in [0.29, 0.717) is 0 Å². The predicted octanol–water partition coefficient (Wildman–Crippen LogP) is -3.44. The third-order valence-corrected chi connectivity index (χ3v) is 10.8. The van der Waals surface area contributed by atoms with Crippen LogP contribution < -0.4 is 28.7 Å². The largest absolute Gasteiger partial charge is 0.394 e. The lowest BCUT2D eigenvalue weighted by Crippen LogP contribution is -2.67. The Hall–Kier alpha value is -2.35. The minimum absolute atomic E-state index is 0.0135. The molecule has 19 heteroatoms. The molecule has 1 unspecified atom stereocenters. The highest BCUT2D eigenvalue weighted by Gasteiger charge is 2.55. The van der Waals surface area contributed by atoms with Gasteiger partial charge in [0.1, 0.15) is 67.1 Å². The Labute approximate surface area is 323 Å². The normalized spacial score (nSPS) is 43.2. The molecule has 56 heavy (non-hydrogen) atoms. The number of aliphatic hydroxyl groups is 5. The molecule has 0 bridgehead atoms. The fraction of sp³-hybridized carbons (Fsp3) is 0.676. The summed E-state index contributed by atoms with van der Waals surface area (Å²) in [5, 5.41) is 53.7. The summed E-state index contributed by atoms with van der Waals surface area (Å²) in [4.78, 5) is 0. The van der Waals surface area contributed by atoms with Crippen molar-refractivity contribution in [1.29, 1.82) is 0 Å². The van der Waals surface area contributed by atoms with E-state index in [1.54, 1.807) is 0 Å². The van der Waals surface area contributed by atoms with Crippen LogP contribution in [-0.2, 0) is 51.1 Å². The van der Waals surface area contributed by atoms with Gasteiger partial charge in [0.2, 0.25) is 0 Å². The Morgan fingerprint density at radius 1 is 0.571 bits per heavy atom. The minimum atomic E-state index is -1.81. The average Bonchev–Trinajstić information content (AvgIpc) is 3.50. The number of rotatable bonds is 15. The van der Waals surface area contributed by atoms with E-state index in [1.165, 1.54) is 0 Å². The summed E-state index contributed by atoms with van der Waals surface area (Å²) in [5.41, 5.74) is 32.3. The third-order valence-electron chi connectivity index (χ3n) is 10.8. The van der Waals surface area contributed by atoms with Crippen molar-refractivity contribution in [3.05, 3.63) is 71.8 Å². The maximum atomic E-state index is 16.8. The van der Waals surface area contributed by atoms with Crippen molar-refractivity contribution in [2.24, 2.45) is 28.7 Å². The van der Waals surface area contributed by atoms with Gasteiger partial charge in [0, 0.05) is 25.2 Å². The number of benzene rings is 2. The van der Waals surface area contributed by atoms with E-state index in [-0.39, 0.29) is 32.7 Å². The van der Waals surface area contributed by atoms with Crippen LogP contribution in [0, 0.1) is 0 Å². The van der Waals surface area contributed by atoms with Gasteiger partial charge in [-0.1, -0.05) is 60.7 Å². The van der Waals surface area contributed by atoms with Crippen LogP contribution >= 0.6 is 0 Å². The molecule has 6 rings (SSSR count). The number of halogens is 1. The molecule has 4 fully saturated rings. The fourth-order valence-corrected chi connectivity index (χ4v) is 7.54. The van der Waals surface area contributed by atoms with Crippen LogP contribution in [0.25, 0.3) is 0 Å². The van der Waals surface area contributed by atoms with Crippen LogP contribution in [0.4, 0.5) is 4.39 Å². The van der Waals surface area contributed by atoms with Crippen molar-refractivity contribution >= 4 is 0 Å². The van der Waals surface area contributed by atoms with Gasteiger partial charge in [-0.15, -0.1) is 0 Å². The monoisotopic (exact) mass is 797 g/mol. The van der Waals surface area contributed by atoms with Crippen molar-refractivity contribution in [1.82, 2.24) is 0 Å². The molecule has 0 amide bonds. The first kappa shape index (κ1) is 43.2. The van der Waals surface area contributed by atoms with Gasteiger partial charge in [0.05, 0.1) is 32.0 Å². The molecule has 15 N–H and O–H groups in total. The highest BCUT2D eigenvalue weighted by molar-refractivity contribution is 5.15. The number of aliphatic hydroxyl groups excluding tert-OH is 5. The van der Waals surface area contributed by atoms with Gasteiger partial charge in [-0.3, -0.25) is 0 Å². The Balaban J connectivity index is 1.21. The molecule has 0 radical (unpaired) electrons. The predicted molar refractivity (Wildman–Crippen MR) is 193 cm³/mol. The highest BCUT2D eigenvalue weighted by atomic mass is 19.1. The van der Waals surface area contributed by atoms with Gasteiger partial charge < -0.3 is 92.1 Å². The summed E-state index contributed by atoms with van der Waals surface area (Å²) in [5.74, 6) is 0. The second kappa shape index (κ2) is 19.6. The summed E-state index contributed by atoms with van der Waals surface area (Å²) < 4.78 is 65.2. The molecule has 0 spiro atoms. The summed E-state index contributed by atoms with van der Waals surface area (Å²) in [7, 11) is 0. The summed E-state index contributed by atoms with van der Waals surface area (Å²) >= 11 is 0. The second-order valence-corrected chi connectivity index (χ2v) is 14.7. The van der Waals surface area contributed by atoms with Crippen LogP contribution in [-0.4, -0.2) is 162 Å². The van der Waals surface area contributed by atoms with E-state index in [2.05, 4.69) is 0 Å². The van der Waals surface area contributed by atoms with Crippen LogP contribution in [0.15, 0.2) is 60.7 Å². The molecule has 1 aliphatic carbocycles. The SMILES string of the molecule is NC[C@@H]1O[C@H](O[C@@H]2C(CO)O[C@@H](O[C@@H]3[C@@H](O)[C@H](N)C[C@H](N)[C@H]3O[C@H]3O[C@H](CN)[C@@H](OCc4ccccc4)[C@H](F)[C@H]3OCc3ccccc3)[C@@H]2O)[C@H](N)[C@@H](O)[C@@H]1O. The number of ether oxygens (including phenoxy) is 8. The van der Waals surface area contributed by atoms with Gasteiger partial charge >= 0.3 is 0 Å². The van der Waals surface area contributed by atoms with Gasteiger partial charge in [0.25, 0.3) is 0 Å². The van der Waals surface area contributed by atoms with Crippen LogP contribution in [0.5, 0.6) is 0 Å². The molecule has 3 saturated heterocycles. The van der Waals surface area contributed by atoms with Crippen molar-refractivity contribution in [2.75, 3.05) is 19.7 Å². The summed E-state index contributed by atoms with van der Waals surface area (Å²) in [6.07, 6.45) is -21.8. The molecule has 2 aromatic rings. The van der Waals surface area contributed by atoms with Crippen molar-refractivity contribution in [3.8, 4) is 0 Å². The molecular weight excluding hydrogens is 741 g/mol. The highest BCUT2D eigenvalue weighted by Crippen LogP contribution is 2.36. The average molecular weight is 798 g/mol. The Morgan fingerprint density at radius 2 is 1.11 bits per heavy atom. The van der Waals surface area contributed by atoms with Crippen molar-refractivity contribution in [3.63, 3.8) is 0 Å². The van der Waals surface area contributed by atoms with Gasteiger partial charge in [-0.25, -0.2) is 4.39 Å².